The van der Waals surface area contributed by atoms with Gasteiger partial charge in [-0.1, -0.05) is 0 Å². The number of rotatable bonds is 6. The normalized spacial score (nSPS) is 18.1. The third kappa shape index (κ3) is 5.22. The van der Waals surface area contributed by atoms with Crippen molar-refractivity contribution >= 4 is 21.8 Å². The van der Waals surface area contributed by atoms with Crippen LogP contribution in [0.2, 0.25) is 0 Å². The number of aryl methyl sites for hydroxylation is 1. The molecule has 27 heavy (non-hydrogen) atoms. The maximum absolute atomic E-state index is 13.4. The lowest BCUT2D eigenvalue weighted by molar-refractivity contribution is -0.140. The van der Waals surface area contributed by atoms with Gasteiger partial charge in [0.15, 0.2) is 0 Å². The minimum atomic E-state index is -3.98. The van der Waals surface area contributed by atoms with Crippen LogP contribution in [0.4, 0.5) is 4.39 Å². The van der Waals surface area contributed by atoms with E-state index in [1.165, 1.54) is 19.1 Å². The molecule has 1 saturated heterocycles. The fourth-order valence-electron chi connectivity index (χ4n) is 2.53. The molecule has 1 aliphatic heterocycles. The molecule has 0 radical (unpaired) electrons. The smallest absolute Gasteiger partial charge is 0.309 e. The highest BCUT2D eigenvalue weighted by Crippen LogP contribution is 2.23. The minimum Gasteiger partial charge on any atom is -0.395 e. The summed E-state index contributed by atoms with van der Waals surface area (Å²) in [5.74, 6) is -2.42. The summed E-state index contributed by atoms with van der Waals surface area (Å²) >= 11 is 0. The van der Waals surface area contributed by atoms with Gasteiger partial charge in [-0.15, -0.1) is 0 Å². The van der Waals surface area contributed by atoms with Crippen LogP contribution in [0.5, 0.6) is 0 Å². The third-order valence-corrected chi connectivity index (χ3v) is 5.82. The fourth-order valence-corrected chi connectivity index (χ4v) is 4.18. The van der Waals surface area contributed by atoms with E-state index in [9.17, 15) is 22.4 Å². The first-order valence-electron chi connectivity index (χ1n) is 8.34. The van der Waals surface area contributed by atoms with Gasteiger partial charge in [-0.2, -0.15) is 4.31 Å². The minimum absolute atomic E-state index is 0.0728. The van der Waals surface area contributed by atoms with Crippen molar-refractivity contribution in [2.75, 3.05) is 32.8 Å². The Bertz CT molecular complexity index is 801. The second kappa shape index (κ2) is 9.22. The summed E-state index contributed by atoms with van der Waals surface area (Å²) < 4.78 is 45.7. The fraction of sp³-hybridized carbons (Fsp3) is 0.500. The van der Waals surface area contributed by atoms with Gasteiger partial charge in [-0.25, -0.2) is 12.8 Å². The topological polar surface area (TPSA) is 125 Å². The molecule has 0 aromatic heterocycles. The number of hydrogen-bond acceptors (Lipinski definition) is 6. The molecule has 1 atom stereocenters. The Morgan fingerprint density at radius 2 is 2.04 bits per heavy atom. The lowest BCUT2D eigenvalue weighted by atomic mass is 10.2. The van der Waals surface area contributed by atoms with E-state index in [-0.39, 0.29) is 36.7 Å². The molecule has 1 unspecified atom stereocenters. The van der Waals surface area contributed by atoms with Crippen LogP contribution in [-0.2, 0) is 24.3 Å². The molecular weight excluding hydrogens is 381 g/mol. The number of halogens is 1. The third-order valence-electron chi connectivity index (χ3n) is 3.93. The standard InChI is InChI=1S/C16H22FN3O6S/c1-11-9-12(3-4-13(11)17)27(24,25)20-6-2-8-26-14(20)10-19-16(23)15(22)18-5-7-21/h3-4,9,14,21H,2,5-8,10H2,1H3,(H,18,22)(H,19,23). The molecule has 11 heteroatoms. The van der Waals surface area contributed by atoms with Gasteiger partial charge in [0.05, 0.1) is 24.7 Å². The van der Waals surface area contributed by atoms with Crippen LogP contribution in [0.1, 0.15) is 12.0 Å². The van der Waals surface area contributed by atoms with E-state index in [4.69, 9.17) is 9.84 Å². The second-order valence-corrected chi connectivity index (χ2v) is 7.79. The lowest BCUT2D eigenvalue weighted by Crippen LogP contribution is -2.53. The number of nitrogens with one attached hydrogen (secondary N) is 2. The van der Waals surface area contributed by atoms with Gasteiger partial charge in [-0.05, 0) is 37.1 Å². The zero-order valence-corrected chi connectivity index (χ0v) is 15.6. The molecule has 1 aromatic carbocycles. The zero-order chi connectivity index (χ0) is 20.0. The van der Waals surface area contributed by atoms with Gasteiger partial charge in [0.1, 0.15) is 12.0 Å². The highest BCUT2D eigenvalue weighted by molar-refractivity contribution is 7.89. The summed E-state index contributed by atoms with van der Waals surface area (Å²) in [6.45, 7) is 1.31. The second-order valence-electron chi connectivity index (χ2n) is 5.90. The van der Waals surface area contributed by atoms with E-state index >= 15 is 0 Å². The molecule has 1 aromatic rings. The molecule has 0 aliphatic carbocycles. The molecule has 150 valence electrons. The van der Waals surface area contributed by atoms with E-state index in [0.717, 1.165) is 10.4 Å². The van der Waals surface area contributed by atoms with Crippen LogP contribution in [-0.4, -0.2) is 68.7 Å². The van der Waals surface area contributed by atoms with Gasteiger partial charge in [0.2, 0.25) is 10.0 Å². The lowest BCUT2D eigenvalue weighted by Gasteiger charge is -2.34. The Balaban J connectivity index is 2.10. The predicted molar refractivity (Wildman–Crippen MR) is 92.5 cm³/mol. The van der Waals surface area contributed by atoms with Crippen molar-refractivity contribution in [2.24, 2.45) is 0 Å². The number of benzene rings is 1. The molecule has 0 bridgehead atoms. The number of aliphatic hydroxyl groups is 1. The molecule has 1 heterocycles. The van der Waals surface area contributed by atoms with Crippen molar-refractivity contribution < 1.29 is 32.2 Å². The first kappa shape index (κ1) is 21.2. The van der Waals surface area contributed by atoms with E-state index in [2.05, 4.69) is 10.6 Å². The number of carbonyl (C=O) groups is 2. The molecule has 0 saturated carbocycles. The number of carbonyl (C=O) groups excluding carboxylic acids is 2. The molecule has 1 fully saturated rings. The molecular formula is C16H22FN3O6S. The SMILES string of the molecule is Cc1cc(S(=O)(=O)N2CCCOC2CNC(=O)C(=O)NCCO)ccc1F. The zero-order valence-electron chi connectivity index (χ0n) is 14.8. The quantitative estimate of drug-likeness (QED) is 0.529. The number of aliphatic hydroxyl groups excluding tert-OH is 1. The van der Waals surface area contributed by atoms with Gasteiger partial charge >= 0.3 is 11.8 Å². The van der Waals surface area contributed by atoms with Gasteiger partial charge in [0, 0.05) is 13.1 Å². The highest BCUT2D eigenvalue weighted by atomic mass is 32.2. The Kier molecular flexibility index (Phi) is 7.25. The summed E-state index contributed by atoms with van der Waals surface area (Å²) in [5, 5.41) is 13.1. The highest BCUT2D eigenvalue weighted by Gasteiger charge is 2.35. The van der Waals surface area contributed by atoms with Gasteiger partial charge < -0.3 is 20.5 Å². The van der Waals surface area contributed by atoms with Crippen LogP contribution in [0, 0.1) is 12.7 Å². The average molecular weight is 403 g/mol. The Labute approximate surface area is 156 Å². The predicted octanol–water partition coefficient (Wildman–Crippen LogP) is -0.904. The van der Waals surface area contributed by atoms with Gasteiger partial charge in [0.25, 0.3) is 0 Å². The summed E-state index contributed by atoms with van der Waals surface area (Å²) in [4.78, 5) is 23.2. The molecule has 3 N–H and O–H groups in total. The maximum atomic E-state index is 13.4. The first-order chi connectivity index (χ1) is 12.8. The van der Waals surface area contributed by atoms with E-state index in [0.29, 0.717) is 13.0 Å². The van der Waals surface area contributed by atoms with Crippen LogP contribution >= 0.6 is 0 Å². The van der Waals surface area contributed by atoms with Crippen molar-refractivity contribution in [1.82, 2.24) is 14.9 Å². The number of sulfonamides is 1. The average Bonchev–Trinajstić information content (AvgIpc) is 2.66. The summed E-state index contributed by atoms with van der Waals surface area (Å²) in [5.41, 5.74) is 0.194. The Hall–Kier alpha value is -2.08. The van der Waals surface area contributed by atoms with Crippen molar-refractivity contribution in [2.45, 2.75) is 24.5 Å². The summed E-state index contributed by atoms with van der Waals surface area (Å²) in [6, 6.07) is 3.48. The largest absolute Gasteiger partial charge is 0.395 e. The van der Waals surface area contributed by atoms with Crippen LogP contribution in [0.3, 0.4) is 0 Å². The first-order valence-corrected chi connectivity index (χ1v) is 9.78. The van der Waals surface area contributed by atoms with Crippen molar-refractivity contribution in [1.29, 1.82) is 0 Å². The number of amides is 2. The van der Waals surface area contributed by atoms with Crippen molar-refractivity contribution in [3.05, 3.63) is 29.6 Å². The van der Waals surface area contributed by atoms with E-state index in [1.54, 1.807) is 0 Å². The van der Waals surface area contributed by atoms with Crippen molar-refractivity contribution in [3.8, 4) is 0 Å². The summed E-state index contributed by atoms with van der Waals surface area (Å²) in [7, 11) is -3.98. The van der Waals surface area contributed by atoms with E-state index in [1.807, 2.05) is 0 Å². The van der Waals surface area contributed by atoms with Crippen LogP contribution < -0.4 is 10.6 Å². The Morgan fingerprint density at radius 1 is 1.33 bits per heavy atom. The number of nitrogens with zero attached hydrogens (tertiary/aromatic N) is 1. The monoisotopic (exact) mass is 403 g/mol. The van der Waals surface area contributed by atoms with Crippen molar-refractivity contribution in [3.63, 3.8) is 0 Å². The molecule has 0 spiro atoms. The molecule has 1 aliphatic rings. The maximum Gasteiger partial charge on any atom is 0.309 e. The molecule has 2 amide bonds. The summed E-state index contributed by atoms with van der Waals surface area (Å²) in [6.07, 6.45) is -0.537. The molecule has 9 nitrogen and oxygen atoms in total. The van der Waals surface area contributed by atoms with Gasteiger partial charge in [-0.3, -0.25) is 9.59 Å². The number of ether oxygens (including phenoxy) is 1. The van der Waals surface area contributed by atoms with Crippen LogP contribution in [0.25, 0.3) is 0 Å². The number of hydrogen-bond donors (Lipinski definition) is 3. The Morgan fingerprint density at radius 3 is 2.70 bits per heavy atom. The van der Waals surface area contributed by atoms with E-state index < -0.39 is 33.9 Å². The van der Waals surface area contributed by atoms with Crippen LogP contribution in [0.15, 0.2) is 23.1 Å². The molecule has 2 rings (SSSR count).